The molecule has 0 amide bonds. The van der Waals surface area contributed by atoms with E-state index in [-0.39, 0.29) is 6.04 Å². The Morgan fingerprint density at radius 1 is 1.04 bits per heavy atom. The van der Waals surface area contributed by atoms with E-state index in [4.69, 9.17) is 10.7 Å². The van der Waals surface area contributed by atoms with Gasteiger partial charge in [0.05, 0.1) is 11.6 Å². The number of hydrogen-bond acceptors (Lipinski definition) is 6. The monoisotopic (exact) mass is 344 g/mol. The third kappa shape index (κ3) is 2.90. The Morgan fingerprint density at radius 2 is 1.81 bits per heavy atom. The highest BCUT2D eigenvalue weighted by atomic mass is 15.2. The van der Waals surface area contributed by atoms with E-state index in [1.807, 2.05) is 55.5 Å². The van der Waals surface area contributed by atoms with E-state index < -0.39 is 0 Å². The van der Waals surface area contributed by atoms with Crippen LogP contribution in [0.5, 0.6) is 0 Å². The number of aliphatic imine (C=N–C) groups is 2. The van der Waals surface area contributed by atoms with Gasteiger partial charge in [0, 0.05) is 22.3 Å². The van der Waals surface area contributed by atoms with Crippen molar-refractivity contribution in [3.05, 3.63) is 48.5 Å². The molecule has 1 aliphatic rings. The standard InChI is InChI=1S/C20H20N6/c1-3-16-12(2)22-20(24-16)26-19-14-9-5-7-11-17(14)23-18(25-19)13-8-4-6-10-15(13)21/h4-11,16H,3,21H2,1-2H3,(H,23,24,25,26). The normalized spacial score (nSPS) is 16.5. The van der Waals surface area contributed by atoms with Crippen LogP contribution in [0.4, 0.5) is 11.5 Å². The van der Waals surface area contributed by atoms with Crippen molar-refractivity contribution in [3.8, 4) is 11.4 Å². The van der Waals surface area contributed by atoms with Gasteiger partial charge in [-0.25, -0.2) is 20.0 Å². The molecule has 3 aromatic rings. The van der Waals surface area contributed by atoms with E-state index in [9.17, 15) is 0 Å². The van der Waals surface area contributed by atoms with Crippen molar-refractivity contribution in [2.45, 2.75) is 26.3 Å². The molecule has 6 nitrogen and oxygen atoms in total. The molecule has 0 spiro atoms. The van der Waals surface area contributed by atoms with Crippen molar-refractivity contribution < 1.29 is 0 Å². The first-order valence-electron chi connectivity index (χ1n) is 8.67. The molecule has 0 fully saturated rings. The van der Waals surface area contributed by atoms with Gasteiger partial charge in [0.25, 0.3) is 0 Å². The first kappa shape index (κ1) is 16.2. The predicted octanol–water partition coefficient (Wildman–Crippen LogP) is 3.90. The third-order valence-corrected chi connectivity index (χ3v) is 4.46. The van der Waals surface area contributed by atoms with Crippen LogP contribution in [0.1, 0.15) is 20.3 Å². The molecule has 0 saturated heterocycles. The average molecular weight is 344 g/mol. The van der Waals surface area contributed by atoms with E-state index in [1.54, 1.807) is 0 Å². The minimum Gasteiger partial charge on any atom is -0.398 e. The average Bonchev–Trinajstić information content (AvgIpc) is 3.01. The Hall–Kier alpha value is -3.28. The number of fused-ring (bicyclic) bond motifs is 1. The van der Waals surface area contributed by atoms with E-state index in [1.165, 1.54) is 0 Å². The number of hydrogen-bond donors (Lipinski definition) is 2. The predicted molar refractivity (Wildman–Crippen MR) is 108 cm³/mol. The SMILES string of the molecule is CCC1N=C(Nc2nc(-c3ccccc3N)nc3ccccc23)N=C1C. The molecule has 2 aromatic carbocycles. The van der Waals surface area contributed by atoms with Gasteiger partial charge in [0.1, 0.15) is 5.82 Å². The van der Waals surface area contributed by atoms with E-state index >= 15 is 0 Å². The molecular formula is C20H20N6. The minimum absolute atomic E-state index is 0.134. The first-order valence-corrected chi connectivity index (χ1v) is 8.67. The van der Waals surface area contributed by atoms with Gasteiger partial charge in [0.15, 0.2) is 5.82 Å². The van der Waals surface area contributed by atoms with Gasteiger partial charge in [-0.15, -0.1) is 0 Å². The molecule has 0 radical (unpaired) electrons. The van der Waals surface area contributed by atoms with Crippen molar-refractivity contribution in [3.63, 3.8) is 0 Å². The zero-order chi connectivity index (χ0) is 18.1. The molecule has 6 heteroatoms. The topological polar surface area (TPSA) is 88.5 Å². The fourth-order valence-electron chi connectivity index (χ4n) is 3.06. The molecule has 1 aromatic heterocycles. The molecule has 3 N–H and O–H groups in total. The van der Waals surface area contributed by atoms with Gasteiger partial charge in [0.2, 0.25) is 5.96 Å². The quantitative estimate of drug-likeness (QED) is 0.705. The highest BCUT2D eigenvalue weighted by molar-refractivity contribution is 6.11. The Morgan fingerprint density at radius 3 is 2.58 bits per heavy atom. The van der Waals surface area contributed by atoms with Gasteiger partial charge >= 0.3 is 0 Å². The maximum atomic E-state index is 6.12. The number of nitrogens with one attached hydrogen (secondary N) is 1. The second-order valence-corrected chi connectivity index (χ2v) is 6.26. The van der Waals surface area contributed by atoms with Crippen molar-refractivity contribution in [1.82, 2.24) is 9.97 Å². The van der Waals surface area contributed by atoms with Gasteiger partial charge in [-0.3, -0.25) is 0 Å². The Bertz CT molecular complexity index is 1040. The van der Waals surface area contributed by atoms with Gasteiger partial charge in [-0.05, 0) is 37.6 Å². The Balaban J connectivity index is 1.82. The first-order chi connectivity index (χ1) is 12.7. The largest absolute Gasteiger partial charge is 0.398 e. The zero-order valence-electron chi connectivity index (χ0n) is 14.8. The lowest BCUT2D eigenvalue weighted by Gasteiger charge is -2.11. The van der Waals surface area contributed by atoms with Crippen molar-refractivity contribution >= 4 is 34.1 Å². The maximum Gasteiger partial charge on any atom is 0.224 e. The van der Waals surface area contributed by atoms with Crippen molar-refractivity contribution in [1.29, 1.82) is 0 Å². The lowest BCUT2D eigenvalue weighted by atomic mass is 10.1. The van der Waals surface area contributed by atoms with Crippen molar-refractivity contribution in [2.75, 3.05) is 11.1 Å². The smallest absolute Gasteiger partial charge is 0.224 e. The fourth-order valence-corrected chi connectivity index (χ4v) is 3.06. The van der Waals surface area contributed by atoms with Crippen LogP contribution in [0, 0.1) is 0 Å². The van der Waals surface area contributed by atoms with Crippen LogP contribution in [0.25, 0.3) is 22.3 Å². The summed E-state index contributed by atoms with van der Waals surface area (Å²) in [6, 6.07) is 15.6. The summed E-state index contributed by atoms with van der Waals surface area (Å²) in [5.74, 6) is 1.85. The number of nitrogen functional groups attached to an aromatic ring is 1. The number of rotatable bonds is 3. The summed E-state index contributed by atoms with van der Waals surface area (Å²) in [4.78, 5) is 18.6. The molecule has 1 unspecified atom stereocenters. The Labute approximate surface area is 151 Å². The summed E-state index contributed by atoms with van der Waals surface area (Å²) in [7, 11) is 0. The molecule has 130 valence electrons. The molecule has 0 aliphatic carbocycles. The number of para-hydroxylation sites is 2. The van der Waals surface area contributed by atoms with Gasteiger partial charge in [-0.1, -0.05) is 31.2 Å². The molecule has 0 saturated carbocycles. The van der Waals surface area contributed by atoms with E-state index in [2.05, 4.69) is 27.2 Å². The Kier molecular flexibility index (Phi) is 4.08. The molecule has 26 heavy (non-hydrogen) atoms. The summed E-state index contributed by atoms with van der Waals surface area (Å²) < 4.78 is 0. The summed E-state index contributed by atoms with van der Waals surface area (Å²) in [6.07, 6.45) is 0.927. The number of nitrogens with two attached hydrogens (primary N) is 1. The van der Waals surface area contributed by atoms with E-state index in [0.717, 1.165) is 28.6 Å². The summed E-state index contributed by atoms with van der Waals surface area (Å²) in [6.45, 7) is 4.10. The second kappa shape index (κ2) is 6.55. The highest BCUT2D eigenvalue weighted by Gasteiger charge is 2.19. The summed E-state index contributed by atoms with van der Waals surface area (Å²) in [5.41, 5.74) is 9.43. The molecular weight excluding hydrogens is 324 g/mol. The number of nitrogens with zero attached hydrogens (tertiary/aromatic N) is 4. The van der Waals surface area contributed by atoms with Crippen molar-refractivity contribution in [2.24, 2.45) is 9.98 Å². The van der Waals surface area contributed by atoms with Gasteiger partial charge in [-0.2, -0.15) is 0 Å². The fraction of sp³-hybridized carbons (Fsp3) is 0.200. The van der Waals surface area contributed by atoms with Crippen LogP contribution in [-0.2, 0) is 0 Å². The number of benzene rings is 2. The molecule has 0 bridgehead atoms. The molecule has 4 rings (SSSR count). The van der Waals surface area contributed by atoms with Crippen LogP contribution in [0.3, 0.4) is 0 Å². The van der Waals surface area contributed by atoms with Gasteiger partial charge < -0.3 is 11.1 Å². The lowest BCUT2D eigenvalue weighted by Crippen LogP contribution is -2.11. The van der Waals surface area contributed by atoms with E-state index in [0.29, 0.717) is 23.3 Å². The number of anilines is 2. The van der Waals surface area contributed by atoms with Crippen LogP contribution >= 0.6 is 0 Å². The van der Waals surface area contributed by atoms with Crippen LogP contribution in [0.15, 0.2) is 58.5 Å². The van der Waals surface area contributed by atoms with Crippen LogP contribution in [0.2, 0.25) is 0 Å². The zero-order valence-corrected chi connectivity index (χ0v) is 14.8. The molecule has 2 heterocycles. The number of guanidine groups is 1. The molecule has 1 atom stereocenters. The van der Waals surface area contributed by atoms with Crippen LogP contribution < -0.4 is 11.1 Å². The summed E-state index contributed by atoms with van der Waals surface area (Å²) >= 11 is 0. The third-order valence-electron chi connectivity index (χ3n) is 4.46. The lowest BCUT2D eigenvalue weighted by molar-refractivity contribution is 0.832. The minimum atomic E-state index is 0.134. The number of aromatic nitrogens is 2. The maximum absolute atomic E-state index is 6.12. The molecule has 1 aliphatic heterocycles. The summed E-state index contributed by atoms with van der Waals surface area (Å²) in [5, 5.41) is 4.20. The van der Waals surface area contributed by atoms with Crippen LogP contribution in [-0.4, -0.2) is 27.7 Å². The highest BCUT2D eigenvalue weighted by Crippen LogP contribution is 2.28. The second-order valence-electron chi connectivity index (χ2n) is 6.26.